The number of aliphatic carboxylic acids is 1. The molecule has 6 heteroatoms. The molecule has 1 aliphatic rings. The van der Waals surface area contributed by atoms with Gasteiger partial charge in [-0.2, -0.15) is 5.10 Å². The van der Waals surface area contributed by atoms with Gasteiger partial charge in [-0.1, -0.05) is 11.6 Å². The Balaban J connectivity index is 2.31. The summed E-state index contributed by atoms with van der Waals surface area (Å²) in [6.07, 6.45) is 1.70. The highest BCUT2D eigenvalue weighted by Crippen LogP contribution is 2.35. The average molecular weight is 272 g/mol. The molecule has 0 saturated carbocycles. The van der Waals surface area contributed by atoms with E-state index in [0.717, 1.165) is 24.5 Å². The first-order valence-electron chi connectivity index (χ1n) is 6.08. The van der Waals surface area contributed by atoms with Crippen LogP contribution < -0.4 is 5.32 Å². The SMILES string of the molecule is Cc1nn(C)c(CC2(C(=O)O)CCNCC2)c1Cl. The quantitative estimate of drug-likeness (QED) is 0.872. The molecule has 1 aromatic rings. The zero-order chi connectivity index (χ0) is 13.3. The summed E-state index contributed by atoms with van der Waals surface area (Å²) in [5, 5.41) is 17.6. The van der Waals surface area contributed by atoms with E-state index in [-0.39, 0.29) is 0 Å². The van der Waals surface area contributed by atoms with Crippen molar-refractivity contribution in [2.75, 3.05) is 13.1 Å². The Hall–Kier alpha value is -1.07. The van der Waals surface area contributed by atoms with E-state index in [2.05, 4.69) is 10.4 Å². The molecule has 2 N–H and O–H groups in total. The molecule has 1 aliphatic heterocycles. The van der Waals surface area contributed by atoms with Gasteiger partial charge in [0, 0.05) is 13.5 Å². The molecule has 1 fully saturated rings. The van der Waals surface area contributed by atoms with Crippen molar-refractivity contribution in [3.63, 3.8) is 0 Å². The fourth-order valence-corrected chi connectivity index (χ4v) is 2.79. The van der Waals surface area contributed by atoms with Crippen LogP contribution in [0.25, 0.3) is 0 Å². The molecule has 1 saturated heterocycles. The Morgan fingerprint density at radius 3 is 2.61 bits per heavy atom. The van der Waals surface area contributed by atoms with Gasteiger partial charge in [0.05, 0.1) is 21.8 Å². The van der Waals surface area contributed by atoms with E-state index in [9.17, 15) is 9.90 Å². The van der Waals surface area contributed by atoms with Crippen LogP contribution in [-0.4, -0.2) is 33.9 Å². The van der Waals surface area contributed by atoms with Crippen molar-refractivity contribution in [1.82, 2.24) is 15.1 Å². The van der Waals surface area contributed by atoms with E-state index < -0.39 is 11.4 Å². The molecule has 1 aromatic heterocycles. The second kappa shape index (κ2) is 4.90. The van der Waals surface area contributed by atoms with Gasteiger partial charge in [-0.05, 0) is 32.9 Å². The number of nitrogens with zero attached hydrogens (tertiary/aromatic N) is 2. The molecule has 2 rings (SSSR count). The first kappa shape index (κ1) is 13.4. The molecule has 0 atom stereocenters. The second-order valence-corrected chi connectivity index (χ2v) is 5.36. The minimum Gasteiger partial charge on any atom is -0.481 e. The smallest absolute Gasteiger partial charge is 0.310 e. The highest BCUT2D eigenvalue weighted by molar-refractivity contribution is 6.31. The molecule has 0 radical (unpaired) electrons. The maximum atomic E-state index is 11.6. The van der Waals surface area contributed by atoms with Gasteiger partial charge in [-0.25, -0.2) is 0 Å². The monoisotopic (exact) mass is 271 g/mol. The van der Waals surface area contributed by atoms with Crippen LogP contribution in [0, 0.1) is 12.3 Å². The summed E-state index contributed by atoms with van der Waals surface area (Å²) in [4.78, 5) is 11.6. The van der Waals surface area contributed by atoms with Gasteiger partial charge < -0.3 is 10.4 Å². The van der Waals surface area contributed by atoms with E-state index in [1.807, 2.05) is 14.0 Å². The third-order valence-corrected chi connectivity index (χ3v) is 4.27. The van der Waals surface area contributed by atoms with Crippen LogP contribution >= 0.6 is 11.6 Å². The molecule has 0 unspecified atom stereocenters. The summed E-state index contributed by atoms with van der Waals surface area (Å²) < 4.78 is 1.70. The van der Waals surface area contributed by atoms with Crippen molar-refractivity contribution in [1.29, 1.82) is 0 Å². The number of piperidine rings is 1. The number of halogens is 1. The number of rotatable bonds is 3. The second-order valence-electron chi connectivity index (χ2n) is 4.98. The molecule has 0 amide bonds. The van der Waals surface area contributed by atoms with Crippen molar-refractivity contribution in [3.8, 4) is 0 Å². The topological polar surface area (TPSA) is 67.2 Å². The lowest BCUT2D eigenvalue weighted by atomic mass is 9.75. The molecule has 18 heavy (non-hydrogen) atoms. The third kappa shape index (κ3) is 2.24. The predicted octanol–water partition coefficient (Wildman–Crippen LogP) is 1.38. The summed E-state index contributed by atoms with van der Waals surface area (Å²) in [5.74, 6) is -0.737. The van der Waals surface area contributed by atoms with E-state index in [1.54, 1.807) is 4.68 Å². The number of hydrogen-bond acceptors (Lipinski definition) is 3. The highest BCUT2D eigenvalue weighted by Gasteiger charge is 2.41. The van der Waals surface area contributed by atoms with Crippen molar-refractivity contribution >= 4 is 17.6 Å². The zero-order valence-corrected chi connectivity index (χ0v) is 11.4. The minimum atomic E-state index is -0.737. The summed E-state index contributed by atoms with van der Waals surface area (Å²) in [5.41, 5.74) is 0.858. The van der Waals surface area contributed by atoms with Gasteiger partial charge in [0.2, 0.25) is 0 Å². The first-order valence-corrected chi connectivity index (χ1v) is 6.46. The Labute approximate surface area is 111 Å². The predicted molar refractivity (Wildman–Crippen MR) is 68.8 cm³/mol. The first-order chi connectivity index (χ1) is 8.46. The molecular weight excluding hydrogens is 254 g/mol. The highest BCUT2D eigenvalue weighted by atomic mass is 35.5. The van der Waals surface area contributed by atoms with E-state index >= 15 is 0 Å². The Morgan fingerprint density at radius 1 is 1.56 bits per heavy atom. The van der Waals surface area contributed by atoms with E-state index in [0.29, 0.717) is 24.3 Å². The van der Waals surface area contributed by atoms with Gasteiger partial charge in [0.25, 0.3) is 0 Å². The number of carboxylic acids is 1. The van der Waals surface area contributed by atoms with Gasteiger partial charge in [0.15, 0.2) is 0 Å². The maximum absolute atomic E-state index is 11.6. The third-order valence-electron chi connectivity index (χ3n) is 3.78. The molecular formula is C12H18ClN3O2. The molecule has 100 valence electrons. The largest absolute Gasteiger partial charge is 0.481 e. The summed E-state index contributed by atoms with van der Waals surface area (Å²) in [6.45, 7) is 3.31. The van der Waals surface area contributed by atoms with Crippen LogP contribution in [0.1, 0.15) is 24.2 Å². The van der Waals surface area contributed by atoms with Gasteiger partial charge in [0.1, 0.15) is 0 Å². The average Bonchev–Trinajstić information content (AvgIpc) is 2.57. The number of hydrogen-bond donors (Lipinski definition) is 2. The molecule has 2 heterocycles. The van der Waals surface area contributed by atoms with Crippen molar-refractivity contribution in [2.45, 2.75) is 26.2 Å². The van der Waals surface area contributed by atoms with Crippen molar-refractivity contribution in [3.05, 3.63) is 16.4 Å². The molecule has 5 nitrogen and oxygen atoms in total. The number of aryl methyl sites for hydroxylation is 2. The summed E-state index contributed by atoms with van der Waals surface area (Å²) >= 11 is 6.21. The van der Waals surface area contributed by atoms with Crippen LogP contribution in [0.5, 0.6) is 0 Å². The standard InChI is InChI=1S/C12H18ClN3O2/c1-8-10(13)9(16(2)15-8)7-12(11(17)18)3-5-14-6-4-12/h14H,3-7H2,1-2H3,(H,17,18). The Bertz CT molecular complexity index is 464. The minimum absolute atomic E-state index is 0.445. The Kier molecular flexibility index (Phi) is 3.64. The number of carbonyl (C=O) groups is 1. The van der Waals surface area contributed by atoms with Crippen LogP contribution in [0.4, 0.5) is 0 Å². The van der Waals surface area contributed by atoms with Crippen LogP contribution in [0.15, 0.2) is 0 Å². The molecule has 0 spiro atoms. The lowest BCUT2D eigenvalue weighted by Crippen LogP contribution is -2.44. The van der Waals surface area contributed by atoms with Crippen LogP contribution in [-0.2, 0) is 18.3 Å². The summed E-state index contributed by atoms with van der Waals surface area (Å²) in [6, 6.07) is 0. The van der Waals surface area contributed by atoms with Crippen molar-refractivity contribution in [2.24, 2.45) is 12.5 Å². The molecule has 0 bridgehead atoms. The fraction of sp³-hybridized carbons (Fsp3) is 0.667. The van der Waals surface area contributed by atoms with Gasteiger partial charge >= 0.3 is 5.97 Å². The normalized spacial score (nSPS) is 18.8. The van der Waals surface area contributed by atoms with Gasteiger partial charge in [-0.15, -0.1) is 0 Å². The molecule has 0 aliphatic carbocycles. The Morgan fingerprint density at radius 2 is 2.17 bits per heavy atom. The number of aromatic nitrogens is 2. The number of nitrogens with one attached hydrogen (secondary N) is 1. The van der Waals surface area contributed by atoms with E-state index in [4.69, 9.17) is 11.6 Å². The lowest BCUT2D eigenvalue weighted by molar-refractivity contribution is -0.150. The molecule has 0 aromatic carbocycles. The summed E-state index contributed by atoms with van der Waals surface area (Å²) in [7, 11) is 1.81. The van der Waals surface area contributed by atoms with Crippen molar-refractivity contribution < 1.29 is 9.90 Å². The maximum Gasteiger partial charge on any atom is 0.310 e. The van der Waals surface area contributed by atoms with E-state index in [1.165, 1.54) is 0 Å². The zero-order valence-electron chi connectivity index (χ0n) is 10.7. The van der Waals surface area contributed by atoms with Crippen LogP contribution in [0.2, 0.25) is 5.02 Å². The number of carboxylic acid groups (broad SMARTS) is 1. The van der Waals surface area contributed by atoms with Gasteiger partial charge in [-0.3, -0.25) is 9.48 Å². The van der Waals surface area contributed by atoms with Crippen LogP contribution in [0.3, 0.4) is 0 Å². The fourth-order valence-electron chi connectivity index (χ4n) is 2.56. The lowest BCUT2D eigenvalue weighted by Gasteiger charge is -2.33.